The van der Waals surface area contributed by atoms with Gasteiger partial charge in [0.2, 0.25) is 5.91 Å². The molecule has 1 amide bonds. The summed E-state index contributed by atoms with van der Waals surface area (Å²) in [5.74, 6) is 0.115. The van der Waals surface area contributed by atoms with Crippen molar-refractivity contribution in [3.63, 3.8) is 0 Å². The lowest BCUT2D eigenvalue weighted by molar-refractivity contribution is -0.147. The van der Waals surface area contributed by atoms with E-state index >= 15 is 0 Å². The predicted octanol–water partition coefficient (Wildman–Crippen LogP) is 1.60. The zero-order valence-electron chi connectivity index (χ0n) is 13.7. The molecule has 1 saturated heterocycles. The molecule has 1 aliphatic heterocycles. The molecule has 2 N–H and O–H groups in total. The SMILES string of the molecule is CCOc1ccc(OCCCC(=O)NC2(C(=O)O)CCOC2)cc1. The molecular weight excluding hydrogens is 314 g/mol. The van der Waals surface area contributed by atoms with Crippen LogP contribution in [0.25, 0.3) is 0 Å². The molecule has 0 aromatic heterocycles. The molecule has 24 heavy (non-hydrogen) atoms. The number of hydrogen-bond donors (Lipinski definition) is 2. The van der Waals surface area contributed by atoms with Crippen LogP contribution in [-0.2, 0) is 14.3 Å². The van der Waals surface area contributed by atoms with Crippen LogP contribution in [0.5, 0.6) is 11.5 Å². The van der Waals surface area contributed by atoms with Gasteiger partial charge in [0.05, 0.1) is 19.8 Å². The van der Waals surface area contributed by atoms with Gasteiger partial charge in [-0.2, -0.15) is 0 Å². The van der Waals surface area contributed by atoms with E-state index in [0.29, 0.717) is 32.0 Å². The molecule has 1 atom stereocenters. The molecular formula is C17H23NO6. The van der Waals surface area contributed by atoms with Crippen LogP contribution in [0.3, 0.4) is 0 Å². The standard InChI is InChI=1S/C17H23NO6/c1-2-23-13-5-7-14(8-6-13)24-10-3-4-15(19)18-17(16(20)21)9-11-22-12-17/h5-8H,2-4,9-12H2,1H3,(H,18,19)(H,20,21). The van der Waals surface area contributed by atoms with Gasteiger partial charge < -0.3 is 24.6 Å². The molecule has 1 aromatic rings. The van der Waals surface area contributed by atoms with Crippen LogP contribution in [0.1, 0.15) is 26.2 Å². The van der Waals surface area contributed by atoms with Crippen molar-refractivity contribution in [2.24, 2.45) is 0 Å². The number of aliphatic carboxylic acids is 1. The van der Waals surface area contributed by atoms with Gasteiger partial charge >= 0.3 is 5.97 Å². The van der Waals surface area contributed by atoms with Crippen molar-refractivity contribution in [2.75, 3.05) is 26.4 Å². The fourth-order valence-corrected chi connectivity index (χ4v) is 2.44. The minimum atomic E-state index is -1.28. The Morgan fingerprint density at radius 3 is 2.46 bits per heavy atom. The van der Waals surface area contributed by atoms with Crippen molar-refractivity contribution in [1.82, 2.24) is 5.32 Å². The molecule has 132 valence electrons. The first kappa shape index (κ1) is 18.1. The van der Waals surface area contributed by atoms with Crippen LogP contribution in [0.4, 0.5) is 0 Å². The number of carbonyl (C=O) groups is 2. The van der Waals surface area contributed by atoms with Gasteiger partial charge in [-0.1, -0.05) is 0 Å². The molecule has 7 nitrogen and oxygen atoms in total. The number of hydrogen-bond acceptors (Lipinski definition) is 5. The summed E-state index contributed by atoms with van der Waals surface area (Å²) in [7, 11) is 0. The van der Waals surface area contributed by atoms with Crippen molar-refractivity contribution in [2.45, 2.75) is 31.7 Å². The Hall–Kier alpha value is -2.28. The predicted molar refractivity (Wildman–Crippen MR) is 86.3 cm³/mol. The molecule has 7 heteroatoms. The number of carboxylic acids is 1. The second kappa shape index (κ2) is 8.54. The first-order valence-corrected chi connectivity index (χ1v) is 8.03. The van der Waals surface area contributed by atoms with Gasteiger partial charge in [0.1, 0.15) is 11.5 Å². The van der Waals surface area contributed by atoms with E-state index in [2.05, 4.69) is 5.32 Å². The lowest BCUT2D eigenvalue weighted by Gasteiger charge is -2.23. The second-order valence-corrected chi connectivity index (χ2v) is 5.59. The smallest absolute Gasteiger partial charge is 0.331 e. The van der Waals surface area contributed by atoms with E-state index in [4.69, 9.17) is 14.2 Å². The average Bonchev–Trinajstić information content (AvgIpc) is 3.03. The van der Waals surface area contributed by atoms with Crippen LogP contribution in [0.15, 0.2) is 24.3 Å². The molecule has 0 spiro atoms. The Morgan fingerprint density at radius 2 is 1.92 bits per heavy atom. The first-order chi connectivity index (χ1) is 11.6. The van der Waals surface area contributed by atoms with Crippen LogP contribution in [0, 0.1) is 0 Å². The maximum Gasteiger partial charge on any atom is 0.331 e. The number of rotatable bonds is 9. The van der Waals surface area contributed by atoms with E-state index in [1.54, 1.807) is 12.1 Å². The maximum absolute atomic E-state index is 11.9. The number of amides is 1. The molecule has 0 radical (unpaired) electrons. The van der Waals surface area contributed by atoms with Gasteiger partial charge in [-0.05, 0) is 37.6 Å². The summed E-state index contributed by atoms with van der Waals surface area (Å²) in [6, 6.07) is 7.26. The van der Waals surface area contributed by atoms with E-state index in [1.165, 1.54) is 0 Å². The van der Waals surface area contributed by atoms with E-state index in [-0.39, 0.29) is 25.4 Å². The summed E-state index contributed by atoms with van der Waals surface area (Å²) in [5, 5.41) is 11.8. The van der Waals surface area contributed by atoms with Crippen LogP contribution < -0.4 is 14.8 Å². The zero-order chi connectivity index (χ0) is 17.4. The Balaban J connectivity index is 1.70. The Morgan fingerprint density at radius 1 is 1.25 bits per heavy atom. The topological polar surface area (TPSA) is 94.1 Å². The zero-order valence-corrected chi connectivity index (χ0v) is 13.7. The largest absolute Gasteiger partial charge is 0.494 e. The van der Waals surface area contributed by atoms with Gasteiger partial charge in [0.15, 0.2) is 5.54 Å². The highest BCUT2D eigenvalue weighted by Gasteiger charge is 2.43. The van der Waals surface area contributed by atoms with Crippen molar-refractivity contribution in [3.05, 3.63) is 24.3 Å². The van der Waals surface area contributed by atoms with E-state index < -0.39 is 11.5 Å². The summed E-state index contributed by atoms with van der Waals surface area (Å²) < 4.78 is 16.0. The summed E-state index contributed by atoms with van der Waals surface area (Å²) in [6.07, 6.45) is 0.985. The molecule has 1 heterocycles. The molecule has 1 aromatic carbocycles. The van der Waals surface area contributed by atoms with Gasteiger partial charge in [0, 0.05) is 19.4 Å². The minimum Gasteiger partial charge on any atom is -0.494 e. The highest BCUT2D eigenvalue weighted by atomic mass is 16.5. The van der Waals surface area contributed by atoms with Gasteiger partial charge in [0.25, 0.3) is 0 Å². The first-order valence-electron chi connectivity index (χ1n) is 8.03. The van der Waals surface area contributed by atoms with Crippen molar-refractivity contribution in [3.8, 4) is 11.5 Å². The highest BCUT2D eigenvalue weighted by Crippen LogP contribution is 2.20. The normalized spacial score (nSPS) is 19.7. The summed E-state index contributed by atoms with van der Waals surface area (Å²) >= 11 is 0. The summed E-state index contributed by atoms with van der Waals surface area (Å²) in [5.41, 5.74) is -1.28. The van der Waals surface area contributed by atoms with Gasteiger partial charge in [-0.25, -0.2) is 4.79 Å². The van der Waals surface area contributed by atoms with Crippen LogP contribution in [-0.4, -0.2) is 48.9 Å². The number of nitrogens with one attached hydrogen (secondary N) is 1. The quantitative estimate of drug-likeness (QED) is 0.665. The van der Waals surface area contributed by atoms with Gasteiger partial charge in [-0.15, -0.1) is 0 Å². The van der Waals surface area contributed by atoms with Gasteiger partial charge in [-0.3, -0.25) is 4.79 Å². The lowest BCUT2D eigenvalue weighted by Crippen LogP contribution is -2.55. The fraction of sp³-hybridized carbons (Fsp3) is 0.529. The fourth-order valence-electron chi connectivity index (χ4n) is 2.44. The van der Waals surface area contributed by atoms with Crippen molar-refractivity contribution < 1.29 is 28.9 Å². The number of carbonyl (C=O) groups excluding carboxylic acids is 1. The third-order valence-corrected chi connectivity index (χ3v) is 3.76. The molecule has 0 aliphatic carbocycles. The van der Waals surface area contributed by atoms with Crippen LogP contribution >= 0.6 is 0 Å². The molecule has 0 saturated carbocycles. The third-order valence-electron chi connectivity index (χ3n) is 3.76. The number of benzene rings is 1. The third kappa shape index (κ3) is 4.86. The van der Waals surface area contributed by atoms with E-state index in [0.717, 1.165) is 5.75 Å². The monoisotopic (exact) mass is 337 g/mol. The average molecular weight is 337 g/mol. The van der Waals surface area contributed by atoms with Crippen molar-refractivity contribution in [1.29, 1.82) is 0 Å². The number of ether oxygens (including phenoxy) is 3. The second-order valence-electron chi connectivity index (χ2n) is 5.59. The Kier molecular flexibility index (Phi) is 6.43. The van der Waals surface area contributed by atoms with Crippen molar-refractivity contribution >= 4 is 11.9 Å². The molecule has 2 rings (SSSR count). The summed E-state index contributed by atoms with van der Waals surface area (Å²) in [6.45, 7) is 3.25. The Bertz CT molecular complexity index is 551. The summed E-state index contributed by atoms with van der Waals surface area (Å²) in [4.78, 5) is 23.3. The minimum absolute atomic E-state index is 0.0107. The number of carboxylic acid groups (broad SMARTS) is 1. The molecule has 1 aliphatic rings. The highest BCUT2D eigenvalue weighted by molar-refractivity contribution is 5.87. The van der Waals surface area contributed by atoms with Crippen LogP contribution in [0.2, 0.25) is 0 Å². The Labute approximate surface area is 140 Å². The molecule has 1 fully saturated rings. The van der Waals surface area contributed by atoms with E-state index in [1.807, 2.05) is 19.1 Å². The molecule has 1 unspecified atom stereocenters. The maximum atomic E-state index is 11.9. The lowest BCUT2D eigenvalue weighted by atomic mass is 9.99. The molecule has 0 bridgehead atoms. The van der Waals surface area contributed by atoms with E-state index in [9.17, 15) is 14.7 Å².